The molecular weight excluding hydrogens is 302 g/mol. The molecular formula is C19H17N3O2. The summed E-state index contributed by atoms with van der Waals surface area (Å²) < 4.78 is 2.09. The average molecular weight is 319 g/mol. The van der Waals surface area contributed by atoms with Crippen LogP contribution in [0.3, 0.4) is 0 Å². The molecule has 2 heterocycles. The zero-order chi connectivity index (χ0) is 17.3. The van der Waals surface area contributed by atoms with E-state index in [0.717, 1.165) is 23.0 Å². The lowest BCUT2D eigenvalue weighted by Crippen LogP contribution is -2.03. The maximum absolute atomic E-state index is 11.1. The predicted octanol–water partition coefficient (Wildman–Crippen LogP) is 3.93. The van der Waals surface area contributed by atoms with Gasteiger partial charge in [-0.05, 0) is 36.2 Å². The SMILES string of the molecule is CC(C)Cn1ccc2cc(-c3cc(C(=O)O)ccn3)cc(C#N)c21. The van der Waals surface area contributed by atoms with E-state index in [9.17, 15) is 10.1 Å². The Morgan fingerprint density at radius 3 is 2.79 bits per heavy atom. The van der Waals surface area contributed by atoms with Crippen molar-refractivity contribution in [2.45, 2.75) is 20.4 Å². The van der Waals surface area contributed by atoms with Crippen molar-refractivity contribution in [3.05, 3.63) is 53.9 Å². The van der Waals surface area contributed by atoms with Crippen LogP contribution in [-0.4, -0.2) is 20.6 Å². The zero-order valence-corrected chi connectivity index (χ0v) is 13.5. The first kappa shape index (κ1) is 15.8. The van der Waals surface area contributed by atoms with Crippen molar-refractivity contribution in [1.29, 1.82) is 5.26 Å². The number of carbonyl (C=O) groups is 1. The molecule has 120 valence electrons. The smallest absolute Gasteiger partial charge is 0.335 e. The molecule has 1 aromatic carbocycles. The van der Waals surface area contributed by atoms with Crippen molar-refractivity contribution >= 4 is 16.9 Å². The molecule has 24 heavy (non-hydrogen) atoms. The number of hydrogen-bond acceptors (Lipinski definition) is 3. The highest BCUT2D eigenvalue weighted by Crippen LogP contribution is 2.28. The number of pyridine rings is 1. The number of hydrogen-bond donors (Lipinski definition) is 1. The van der Waals surface area contributed by atoms with Gasteiger partial charge in [0.15, 0.2) is 0 Å². The van der Waals surface area contributed by atoms with E-state index in [4.69, 9.17) is 5.11 Å². The van der Waals surface area contributed by atoms with Gasteiger partial charge in [0.1, 0.15) is 6.07 Å². The number of nitriles is 1. The number of carboxylic acid groups (broad SMARTS) is 1. The minimum absolute atomic E-state index is 0.177. The molecule has 2 aromatic heterocycles. The quantitative estimate of drug-likeness (QED) is 0.790. The first-order valence-electron chi connectivity index (χ1n) is 7.72. The molecule has 0 fully saturated rings. The van der Waals surface area contributed by atoms with Crippen LogP contribution in [-0.2, 0) is 6.54 Å². The van der Waals surface area contributed by atoms with E-state index in [1.807, 2.05) is 18.3 Å². The second-order valence-electron chi connectivity index (χ2n) is 6.17. The highest BCUT2D eigenvalue weighted by atomic mass is 16.4. The second-order valence-corrected chi connectivity index (χ2v) is 6.17. The Hall–Kier alpha value is -3.13. The summed E-state index contributed by atoms with van der Waals surface area (Å²) >= 11 is 0. The molecule has 0 aliphatic carbocycles. The van der Waals surface area contributed by atoms with Crippen molar-refractivity contribution in [1.82, 2.24) is 9.55 Å². The van der Waals surface area contributed by atoms with Gasteiger partial charge in [0.2, 0.25) is 0 Å². The lowest BCUT2D eigenvalue weighted by molar-refractivity contribution is 0.0697. The van der Waals surface area contributed by atoms with E-state index in [0.29, 0.717) is 17.2 Å². The van der Waals surface area contributed by atoms with Crippen LogP contribution in [0.4, 0.5) is 0 Å². The summed E-state index contributed by atoms with van der Waals surface area (Å²) in [6.45, 7) is 5.10. The lowest BCUT2D eigenvalue weighted by Gasteiger charge is -2.10. The monoisotopic (exact) mass is 319 g/mol. The minimum Gasteiger partial charge on any atom is -0.478 e. The normalized spacial score (nSPS) is 10.9. The van der Waals surface area contributed by atoms with Gasteiger partial charge in [-0.3, -0.25) is 4.98 Å². The molecule has 0 aliphatic heterocycles. The number of aromatic nitrogens is 2. The van der Waals surface area contributed by atoms with Gasteiger partial charge < -0.3 is 9.67 Å². The van der Waals surface area contributed by atoms with E-state index in [1.165, 1.54) is 18.3 Å². The van der Waals surface area contributed by atoms with Gasteiger partial charge in [-0.2, -0.15) is 5.26 Å². The van der Waals surface area contributed by atoms with Crippen molar-refractivity contribution in [3.63, 3.8) is 0 Å². The third-order valence-electron chi connectivity index (χ3n) is 3.85. The molecule has 3 aromatic rings. The Morgan fingerprint density at radius 1 is 1.33 bits per heavy atom. The molecule has 0 aliphatic rings. The van der Waals surface area contributed by atoms with Crippen molar-refractivity contribution in [3.8, 4) is 17.3 Å². The number of rotatable bonds is 4. The number of aromatic carboxylic acids is 1. The highest BCUT2D eigenvalue weighted by molar-refractivity contribution is 5.92. The van der Waals surface area contributed by atoms with Crippen LogP contribution in [0.25, 0.3) is 22.2 Å². The van der Waals surface area contributed by atoms with E-state index in [2.05, 4.69) is 29.5 Å². The lowest BCUT2D eigenvalue weighted by atomic mass is 10.0. The molecule has 0 radical (unpaired) electrons. The Labute approximate surface area is 139 Å². The van der Waals surface area contributed by atoms with Gasteiger partial charge >= 0.3 is 5.97 Å². The van der Waals surface area contributed by atoms with Gasteiger partial charge in [-0.1, -0.05) is 13.8 Å². The molecule has 0 unspecified atom stereocenters. The van der Waals surface area contributed by atoms with E-state index in [-0.39, 0.29) is 5.56 Å². The van der Waals surface area contributed by atoms with E-state index >= 15 is 0 Å². The summed E-state index contributed by atoms with van der Waals surface area (Å²) in [5.41, 5.74) is 2.94. The van der Waals surface area contributed by atoms with Crippen molar-refractivity contribution < 1.29 is 9.90 Å². The largest absolute Gasteiger partial charge is 0.478 e. The van der Waals surface area contributed by atoms with Gasteiger partial charge in [-0.25, -0.2) is 4.79 Å². The molecule has 5 nitrogen and oxygen atoms in total. The second kappa shape index (κ2) is 6.17. The van der Waals surface area contributed by atoms with Crippen LogP contribution in [0.1, 0.15) is 29.8 Å². The van der Waals surface area contributed by atoms with Gasteiger partial charge in [0.05, 0.1) is 22.3 Å². The standard InChI is InChI=1S/C19H17N3O2/c1-12(2)11-22-6-4-13-7-15(8-16(10-20)18(13)22)17-9-14(19(23)24)3-5-21-17/h3-9,12H,11H2,1-2H3,(H,23,24). The molecule has 0 amide bonds. The molecule has 5 heteroatoms. The van der Waals surface area contributed by atoms with Crippen LogP contribution < -0.4 is 0 Å². The maximum atomic E-state index is 11.1. The molecule has 0 saturated heterocycles. The van der Waals surface area contributed by atoms with Crippen LogP contribution in [0, 0.1) is 17.2 Å². The Balaban J connectivity index is 2.16. The summed E-state index contributed by atoms with van der Waals surface area (Å²) in [5, 5.41) is 19.6. The fourth-order valence-electron chi connectivity index (χ4n) is 2.85. The van der Waals surface area contributed by atoms with E-state index < -0.39 is 5.97 Å². The third kappa shape index (κ3) is 2.86. The fraction of sp³-hybridized carbons (Fsp3) is 0.211. The third-order valence-corrected chi connectivity index (χ3v) is 3.85. The summed E-state index contributed by atoms with van der Waals surface area (Å²) in [6.07, 6.45) is 3.45. The Bertz CT molecular complexity index is 964. The van der Waals surface area contributed by atoms with Crippen LogP contribution in [0.5, 0.6) is 0 Å². The summed E-state index contributed by atoms with van der Waals surface area (Å²) in [7, 11) is 0. The number of nitrogens with zero attached hydrogens (tertiary/aromatic N) is 3. The van der Waals surface area contributed by atoms with Crippen molar-refractivity contribution in [2.24, 2.45) is 5.92 Å². The number of fused-ring (bicyclic) bond motifs is 1. The molecule has 3 rings (SSSR count). The minimum atomic E-state index is -0.997. The predicted molar refractivity (Wildman–Crippen MR) is 91.7 cm³/mol. The van der Waals surface area contributed by atoms with Crippen molar-refractivity contribution in [2.75, 3.05) is 0 Å². The van der Waals surface area contributed by atoms with Gasteiger partial charge in [0, 0.05) is 29.9 Å². The molecule has 0 bridgehead atoms. The summed E-state index contributed by atoms with van der Waals surface area (Å²) in [6, 6.07) is 10.9. The number of carboxylic acids is 1. The Kier molecular flexibility index (Phi) is 4.05. The van der Waals surface area contributed by atoms with Crippen LogP contribution >= 0.6 is 0 Å². The van der Waals surface area contributed by atoms with Gasteiger partial charge in [0.25, 0.3) is 0 Å². The molecule has 0 spiro atoms. The average Bonchev–Trinajstić information content (AvgIpc) is 2.96. The van der Waals surface area contributed by atoms with E-state index in [1.54, 1.807) is 6.07 Å². The molecule has 1 N–H and O–H groups in total. The first-order valence-corrected chi connectivity index (χ1v) is 7.72. The topological polar surface area (TPSA) is 78.9 Å². The fourth-order valence-corrected chi connectivity index (χ4v) is 2.85. The molecule has 0 atom stereocenters. The first-order chi connectivity index (χ1) is 11.5. The summed E-state index contributed by atoms with van der Waals surface area (Å²) in [5.74, 6) is -0.524. The highest BCUT2D eigenvalue weighted by Gasteiger charge is 2.13. The van der Waals surface area contributed by atoms with Gasteiger partial charge in [-0.15, -0.1) is 0 Å². The maximum Gasteiger partial charge on any atom is 0.335 e. The Morgan fingerprint density at radius 2 is 2.12 bits per heavy atom. The molecule has 0 saturated carbocycles. The summed E-state index contributed by atoms with van der Waals surface area (Å²) in [4.78, 5) is 15.4. The van der Waals surface area contributed by atoms with Crippen LogP contribution in [0.2, 0.25) is 0 Å². The zero-order valence-electron chi connectivity index (χ0n) is 13.5. The number of benzene rings is 1. The van der Waals surface area contributed by atoms with Crippen LogP contribution in [0.15, 0.2) is 42.7 Å².